The van der Waals surface area contributed by atoms with Gasteiger partial charge in [-0.1, -0.05) is 158 Å². The summed E-state index contributed by atoms with van der Waals surface area (Å²) in [5, 5.41) is 2.41. The largest absolute Gasteiger partial charge is 0.294 e. The van der Waals surface area contributed by atoms with Crippen molar-refractivity contribution in [2.75, 3.05) is 0 Å². The number of pyridine rings is 1. The summed E-state index contributed by atoms with van der Waals surface area (Å²) in [6.45, 7) is 0. The third-order valence-electron chi connectivity index (χ3n) is 11.6. The lowest BCUT2D eigenvalue weighted by Crippen LogP contribution is -2.35. The van der Waals surface area contributed by atoms with E-state index in [1.807, 2.05) is 66.9 Å². The van der Waals surface area contributed by atoms with Crippen molar-refractivity contribution >= 4 is 21.8 Å². The molecule has 0 radical (unpaired) electrons. The van der Waals surface area contributed by atoms with Gasteiger partial charge in [0.05, 0.1) is 16.4 Å². The Morgan fingerprint density at radius 1 is 0.500 bits per heavy atom. The van der Waals surface area contributed by atoms with Crippen LogP contribution < -0.4 is 0 Å². The summed E-state index contributed by atoms with van der Waals surface area (Å²) in [6.07, 6.45) is 12.0. The van der Waals surface area contributed by atoms with E-state index in [1.54, 1.807) is 0 Å². The van der Waals surface area contributed by atoms with E-state index < -0.39 is 0 Å². The molecule has 9 aromatic rings. The number of rotatable bonds is 6. The maximum Gasteiger partial charge on any atom is 0.165 e. The van der Waals surface area contributed by atoms with E-state index in [2.05, 4.69) is 132 Å². The second kappa shape index (κ2) is 13.0. The van der Waals surface area contributed by atoms with Gasteiger partial charge < -0.3 is 0 Å². The van der Waals surface area contributed by atoms with E-state index in [4.69, 9.17) is 19.9 Å². The summed E-state index contributed by atoms with van der Waals surface area (Å²) in [5.74, 6) is 2.91. The SMILES string of the molecule is C1=CCC(C2(c3ccccc3)c3ccccc3-c3cc4c5ccccc5n(-c5ccc(-c6nc(-c7ccccc7)nc(-c7ccccc7)n6)cn5)c4cc32)C=C1. The van der Waals surface area contributed by atoms with Gasteiger partial charge in [-0.2, -0.15) is 0 Å². The standard InChI is InChI=1S/C51H35N5/c1-5-17-34(18-6-1)48-53-49(35-19-7-2-8-20-35)55-50(54-48)36-29-30-47(52-33-36)56-45-28-16-14-26-40(45)42-31-41-39-25-13-15-27-43(39)51(44(41)32-46(42)56,37-21-9-3-10-22-37)38-23-11-4-12-24-38/h1-23,25-33,38H,24H2. The predicted octanol–water partition coefficient (Wildman–Crippen LogP) is 11.8. The topological polar surface area (TPSA) is 56.5 Å². The first-order valence-corrected chi connectivity index (χ1v) is 19.2. The number of fused-ring (bicyclic) bond motifs is 6. The van der Waals surface area contributed by atoms with Gasteiger partial charge in [-0.15, -0.1) is 0 Å². The van der Waals surface area contributed by atoms with E-state index in [-0.39, 0.29) is 11.3 Å². The number of hydrogen-bond donors (Lipinski definition) is 0. The highest BCUT2D eigenvalue weighted by atomic mass is 15.1. The van der Waals surface area contributed by atoms with Crippen molar-refractivity contribution in [1.82, 2.24) is 24.5 Å². The molecule has 0 aliphatic heterocycles. The zero-order valence-corrected chi connectivity index (χ0v) is 30.5. The van der Waals surface area contributed by atoms with Crippen molar-refractivity contribution in [3.8, 4) is 51.1 Å². The summed E-state index contributed by atoms with van der Waals surface area (Å²) < 4.78 is 2.32. The van der Waals surface area contributed by atoms with E-state index in [9.17, 15) is 0 Å². The van der Waals surface area contributed by atoms with Gasteiger partial charge in [-0.05, 0) is 70.5 Å². The van der Waals surface area contributed by atoms with Crippen molar-refractivity contribution < 1.29 is 0 Å². The summed E-state index contributed by atoms with van der Waals surface area (Å²) in [7, 11) is 0. The second-order valence-corrected chi connectivity index (χ2v) is 14.6. The Hall–Kier alpha value is -7.24. The minimum Gasteiger partial charge on any atom is -0.294 e. The molecule has 2 atom stereocenters. The van der Waals surface area contributed by atoms with Gasteiger partial charge in [0.15, 0.2) is 17.5 Å². The zero-order chi connectivity index (χ0) is 37.1. The lowest BCUT2D eigenvalue weighted by molar-refractivity contribution is 0.458. The van der Waals surface area contributed by atoms with E-state index in [1.165, 1.54) is 38.6 Å². The Balaban J connectivity index is 1.11. The van der Waals surface area contributed by atoms with E-state index >= 15 is 0 Å². The molecular weight excluding hydrogens is 683 g/mol. The summed E-state index contributed by atoms with van der Waals surface area (Å²) in [4.78, 5) is 20.0. The summed E-state index contributed by atoms with van der Waals surface area (Å²) >= 11 is 0. The number of hydrogen-bond acceptors (Lipinski definition) is 4. The lowest BCUT2D eigenvalue weighted by Gasteiger charge is -2.39. The van der Waals surface area contributed by atoms with Crippen molar-refractivity contribution in [1.29, 1.82) is 0 Å². The Bertz CT molecular complexity index is 2930. The molecule has 5 nitrogen and oxygen atoms in total. The molecular formula is C51H35N5. The van der Waals surface area contributed by atoms with E-state index in [0.717, 1.165) is 40.0 Å². The molecule has 3 aromatic heterocycles. The lowest BCUT2D eigenvalue weighted by atomic mass is 9.62. The quantitative estimate of drug-likeness (QED) is 0.172. The van der Waals surface area contributed by atoms with Crippen molar-refractivity contribution in [2.24, 2.45) is 5.92 Å². The zero-order valence-electron chi connectivity index (χ0n) is 30.5. The molecule has 264 valence electrons. The van der Waals surface area contributed by atoms with Crippen LogP contribution in [0.5, 0.6) is 0 Å². The molecule has 0 amide bonds. The van der Waals surface area contributed by atoms with Crippen LogP contribution >= 0.6 is 0 Å². The first kappa shape index (κ1) is 32.2. The smallest absolute Gasteiger partial charge is 0.165 e. The second-order valence-electron chi connectivity index (χ2n) is 14.6. The van der Waals surface area contributed by atoms with Crippen LogP contribution in [-0.4, -0.2) is 24.5 Å². The number of para-hydroxylation sites is 1. The molecule has 5 heteroatoms. The number of aromatic nitrogens is 5. The van der Waals surface area contributed by atoms with Crippen LogP contribution in [0.15, 0.2) is 194 Å². The fourth-order valence-corrected chi connectivity index (χ4v) is 9.13. The van der Waals surface area contributed by atoms with Gasteiger partial charge in [-0.3, -0.25) is 4.57 Å². The number of nitrogens with zero attached hydrogens (tertiary/aromatic N) is 5. The van der Waals surface area contributed by atoms with Gasteiger partial charge in [0.1, 0.15) is 5.82 Å². The molecule has 11 rings (SSSR count). The molecule has 3 heterocycles. The Labute approximate surface area is 325 Å². The molecule has 0 saturated carbocycles. The Morgan fingerprint density at radius 2 is 1.14 bits per heavy atom. The van der Waals surface area contributed by atoms with Crippen LogP contribution in [0, 0.1) is 5.92 Å². The maximum atomic E-state index is 5.16. The van der Waals surface area contributed by atoms with Crippen LogP contribution in [0.3, 0.4) is 0 Å². The van der Waals surface area contributed by atoms with Crippen molar-refractivity contribution in [3.63, 3.8) is 0 Å². The molecule has 2 aliphatic carbocycles. The van der Waals surface area contributed by atoms with Crippen LogP contribution in [0.4, 0.5) is 0 Å². The molecule has 6 aromatic carbocycles. The van der Waals surface area contributed by atoms with Gasteiger partial charge in [0.2, 0.25) is 0 Å². The van der Waals surface area contributed by atoms with Gasteiger partial charge in [0, 0.05) is 33.7 Å². The molecule has 0 bridgehead atoms. The van der Waals surface area contributed by atoms with Gasteiger partial charge >= 0.3 is 0 Å². The minimum atomic E-state index is -0.368. The van der Waals surface area contributed by atoms with Gasteiger partial charge in [-0.25, -0.2) is 19.9 Å². The van der Waals surface area contributed by atoms with Gasteiger partial charge in [0.25, 0.3) is 0 Å². The number of allylic oxidation sites excluding steroid dienone is 4. The third kappa shape index (κ3) is 4.94. The van der Waals surface area contributed by atoms with Crippen molar-refractivity contribution in [2.45, 2.75) is 11.8 Å². The molecule has 0 fully saturated rings. The Morgan fingerprint density at radius 3 is 1.82 bits per heavy atom. The van der Waals surface area contributed by atoms with Crippen molar-refractivity contribution in [3.05, 3.63) is 211 Å². The average Bonchev–Trinajstić information content (AvgIpc) is 3.76. The molecule has 0 N–H and O–H groups in total. The predicted molar refractivity (Wildman–Crippen MR) is 226 cm³/mol. The van der Waals surface area contributed by atoms with Crippen LogP contribution in [-0.2, 0) is 5.41 Å². The normalized spacial score (nSPS) is 17.0. The summed E-state index contributed by atoms with van der Waals surface area (Å²) in [6, 6.07) is 58.0. The van der Waals surface area contributed by atoms with Crippen LogP contribution in [0.25, 0.3) is 72.9 Å². The maximum absolute atomic E-state index is 5.16. The minimum absolute atomic E-state index is 0.243. The molecule has 2 aliphatic rings. The molecule has 56 heavy (non-hydrogen) atoms. The fraction of sp³-hybridized carbons (Fsp3) is 0.0588. The molecule has 0 saturated heterocycles. The first-order valence-electron chi connectivity index (χ1n) is 19.2. The molecule has 0 spiro atoms. The molecule has 2 unspecified atom stereocenters. The highest BCUT2D eigenvalue weighted by Crippen LogP contribution is 2.59. The first-order chi connectivity index (χ1) is 27.8. The van der Waals surface area contributed by atoms with E-state index in [0.29, 0.717) is 17.5 Å². The average molecular weight is 718 g/mol. The Kier molecular flexibility index (Phi) is 7.46. The number of benzene rings is 6. The third-order valence-corrected chi connectivity index (χ3v) is 11.6. The van der Waals surface area contributed by atoms with Crippen LogP contribution in [0.1, 0.15) is 23.1 Å². The summed E-state index contributed by atoms with van der Waals surface area (Å²) in [5.41, 5.74) is 11.2. The fourth-order valence-electron chi connectivity index (χ4n) is 9.13. The highest BCUT2D eigenvalue weighted by Gasteiger charge is 2.49. The van der Waals surface area contributed by atoms with Crippen LogP contribution in [0.2, 0.25) is 0 Å². The highest BCUT2D eigenvalue weighted by molar-refractivity contribution is 6.11. The monoisotopic (exact) mass is 717 g/mol.